The summed E-state index contributed by atoms with van der Waals surface area (Å²) in [5.41, 5.74) is 2.52. The molecule has 0 atom stereocenters. The molecule has 0 spiro atoms. The molecule has 0 heterocycles. The second kappa shape index (κ2) is 5.48. The Labute approximate surface area is 104 Å². The van der Waals surface area contributed by atoms with E-state index in [1.54, 1.807) is 0 Å². The fraction of sp³-hybridized carbons (Fsp3) is 0.562. The second-order valence-electron chi connectivity index (χ2n) is 5.52. The maximum Gasteiger partial charge on any atom is 0.140 e. The van der Waals surface area contributed by atoms with Crippen molar-refractivity contribution in [3.8, 4) is 0 Å². The highest BCUT2D eigenvalue weighted by Gasteiger charge is 2.22. The Bertz CT molecular complexity index is 369. The van der Waals surface area contributed by atoms with Crippen LogP contribution in [0.15, 0.2) is 24.3 Å². The van der Waals surface area contributed by atoms with E-state index in [0.29, 0.717) is 24.0 Å². The molecule has 0 aliphatic heterocycles. The molecule has 1 aliphatic carbocycles. The number of rotatable bonds is 4. The van der Waals surface area contributed by atoms with Crippen LogP contribution in [-0.4, -0.2) is 5.78 Å². The quantitative estimate of drug-likeness (QED) is 0.760. The summed E-state index contributed by atoms with van der Waals surface area (Å²) in [6.07, 6.45) is 5.33. The predicted molar refractivity (Wildman–Crippen MR) is 71.2 cm³/mol. The van der Waals surface area contributed by atoms with E-state index in [0.717, 1.165) is 12.8 Å². The van der Waals surface area contributed by atoms with Crippen LogP contribution >= 0.6 is 0 Å². The minimum absolute atomic E-state index is 0.347. The number of hydrogen-bond acceptors (Lipinski definition) is 1. The summed E-state index contributed by atoms with van der Waals surface area (Å²) in [5.74, 6) is 1.36. The SMILES string of the molecule is CC(C)c1ccc(CC(=O)C2CCCC2)cc1. The van der Waals surface area contributed by atoms with Crippen LogP contribution in [0.5, 0.6) is 0 Å². The lowest BCUT2D eigenvalue weighted by atomic mass is 9.95. The zero-order valence-electron chi connectivity index (χ0n) is 10.9. The third-order valence-corrected chi connectivity index (χ3v) is 3.84. The van der Waals surface area contributed by atoms with E-state index in [1.165, 1.54) is 24.0 Å². The summed E-state index contributed by atoms with van der Waals surface area (Å²) < 4.78 is 0. The molecular weight excluding hydrogens is 208 g/mol. The van der Waals surface area contributed by atoms with Crippen molar-refractivity contribution in [2.45, 2.75) is 51.9 Å². The van der Waals surface area contributed by atoms with E-state index in [-0.39, 0.29) is 0 Å². The van der Waals surface area contributed by atoms with Crippen LogP contribution in [0, 0.1) is 5.92 Å². The second-order valence-corrected chi connectivity index (χ2v) is 5.52. The summed E-state index contributed by atoms with van der Waals surface area (Å²) in [4.78, 5) is 12.0. The first-order valence-corrected chi connectivity index (χ1v) is 6.78. The number of ketones is 1. The Balaban J connectivity index is 1.96. The predicted octanol–water partition coefficient (Wildman–Crippen LogP) is 4.11. The zero-order valence-corrected chi connectivity index (χ0v) is 10.9. The van der Waals surface area contributed by atoms with E-state index in [4.69, 9.17) is 0 Å². The van der Waals surface area contributed by atoms with Crippen LogP contribution in [0.4, 0.5) is 0 Å². The van der Waals surface area contributed by atoms with Crippen LogP contribution in [0.2, 0.25) is 0 Å². The van der Waals surface area contributed by atoms with Gasteiger partial charge < -0.3 is 0 Å². The highest BCUT2D eigenvalue weighted by Crippen LogP contribution is 2.26. The first-order valence-electron chi connectivity index (χ1n) is 6.78. The van der Waals surface area contributed by atoms with Gasteiger partial charge in [-0.15, -0.1) is 0 Å². The monoisotopic (exact) mass is 230 g/mol. The van der Waals surface area contributed by atoms with E-state index < -0.39 is 0 Å². The lowest BCUT2D eigenvalue weighted by Crippen LogP contribution is -2.13. The van der Waals surface area contributed by atoms with Gasteiger partial charge in [0.15, 0.2) is 0 Å². The normalized spacial score (nSPS) is 16.6. The Kier molecular flexibility index (Phi) is 3.98. The first-order chi connectivity index (χ1) is 8.16. The molecule has 1 aromatic rings. The Morgan fingerprint density at radius 2 is 1.76 bits per heavy atom. The first kappa shape index (κ1) is 12.3. The average Bonchev–Trinajstić information content (AvgIpc) is 2.83. The zero-order chi connectivity index (χ0) is 12.3. The van der Waals surface area contributed by atoms with Gasteiger partial charge in [0, 0.05) is 12.3 Å². The molecule has 0 amide bonds. The fourth-order valence-corrected chi connectivity index (χ4v) is 2.61. The molecule has 92 valence electrons. The molecule has 1 aliphatic rings. The van der Waals surface area contributed by atoms with Crippen molar-refractivity contribution in [2.24, 2.45) is 5.92 Å². The van der Waals surface area contributed by atoms with Crippen molar-refractivity contribution in [3.63, 3.8) is 0 Å². The van der Waals surface area contributed by atoms with Gasteiger partial charge in [0.25, 0.3) is 0 Å². The van der Waals surface area contributed by atoms with Gasteiger partial charge in [0.05, 0.1) is 0 Å². The molecule has 17 heavy (non-hydrogen) atoms. The highest BCUT2D eigenvalue weighted by atomic mass is 16.1. The van der Waals surface area contributed by atoms with Crippen molar-refractivity contribution in [3.05, 3.63) is 35.4 Å². The minimum atomic E-state index is 0.347. The van der Waals surface area contributed by atoms with Gasteiger partial charge in [0.1, 0.15) is 5.78 Å². The van der Waals surface area contributed by atoms with Crippen LogP contribution in [-0.2, 0) is 11.2 Å². The van der Waals surface area contributed by atoms with Crippen molar-refractivity contribution in [2.75, 3.05) is 0 Å². The molecule has 0 saturated heterocycles. The number of hydrogen-bond donors (Lipinski definition) is 0. The standard InChI is InChI=1S/C16H22O/c1-12(2)14-9-7-13(8-10-14)11-16(17)15-5-3-4-6-15/h7-10,12,15H,3-6,11H2,1-2H3. The third kappa shape index (κ3) is 3.18. The Morgan fingerprint density at radius 1 is 1.18 bits per heavy atom. The van der Waals surface area contributed by atoms with Gasteiger partial charge in [-0.05, 0) is 29.9 Å². The Morgan fingerprint density at radius 3 is 2.29 bits per heavy atom. The van der Waals surface area contributed by atoms with E-state index in [1.807, 2.05) is 0 Å². The minimum Gasteiger partial charge on any atom is -0.299 e. The number of carbonyl (C=O) groups is 1. The summed E-state index contributed by atoms with van der Waals surface area (Å²) >= 11 is 0. The largest absolute Gasteiger partial charge is 0.299 e. The molecule has 1 fully saturated rings. The molecule has 0 radical (unpaired) electrons. The molecule has 2 rings (SSSR count). The van der Waals surface area contributed by atoms with Crippen molar-refractivity contribution in [1.82, 2.24) is 0 Å². The van der Waals surface area contributed by atoms with E-state index >= 15 is 0 Å². The van der Waals surface area contributed by atoms with Gasteiger partial charge in [-0.3, -0.25) is 4.79 Å². The van der Waals surface area contributed by atoms with Gasteiger partial charge in [-0.2, -0.15) is 0 Å². The van der Waals surface area contributed by atoms with Crippen LogP contribution < -0.4 is 0 Å². The van der Waals surface area contributed by atoms with Crippen LogP contribution in [0.25, 0.3) is 0 Å². The molecule has 0 bridgehead atoms. The van der Waals surface area contributed by atoms with E-state index in [9.17, 15) is 4.79 Å². The average molecular weight is 230 g/mol. The van der Waals surface area contributed by atoms with Crippen LogP contribution in [0.3, 0.4) is 0 Å². The van der Waals surface area contributed by atoms with Crippen molar-refractivity contribution < 1.29 is 4.79 Å². The maximum atomic E-state index is 12.0. The summed E-state index contributed by atoms with van der Waals surface area (Å²) in [5, 5.41) is 0. The molecule has 0 aromatic heterocycles. The lowest BCUT2D eigenvalue weighted by molar-refractivity contribution is -0.122. The fourth-order valence-electron chi connectivity index (χ4n) is 2.61. The molecule has 0 unspecified atom stereocenters. The van der Waals surface area contributed by atoms with Gasteiger partial charge >= 0.3 is 0 Å². The van der Waals surface area contributed by atoms with E-state index in [2.05, 4.69) is 38.1 Å². The molecule has 1 saturated carbocycles. The third-order valence-electron chi connectivity index (χ3n) is 3.84. The molecular formula is C16H22O. The van der Waals surface area contributed by atoms with Gasteiger partial charge in [-0.1, -0.05) is 51.0 Å². The summed E-state index contributed by atoms with van der Waals surface area (Å²) in [6, 6.07) is 8.54. The number of benzene rings is 1. The lowest BCUT2D eigenvalue weighted by Gasteiger charge is -2.09. The number of carbonyl (C=O) groups excluding carboxylic acids is 1. The van der Waals surface area contributed by atoms with Gasteiger partial charge in [-0.25, -0.2) is 0 Å². The Hall–Kier alpha value is -1.11. The number of Topliss-reactive ketones (excluding diaryl/α,β-unsaturated/α-hetero) is 1. The highest BCUT2D eigenvalue weighted by molar-refractivity contribution is 5.83. The van der Waals surface area contributed by atoms with Crippen LogP contribution in [0.1, 0.15) is 56.6 Å². The summed E-state index contributed by atoms with van der Waals surface area (Å²) in [7, 11) is 0. The maximum absolute atomic E-state index is 12.0. The van der Waals surface area contributed by atoms with Crippen molar-refractivity contribution in [1.29, 1.82) is 0 Å². The van der Waals surface area contributed by atoms with Crippen molar-refractivity contribution >= 4 is 5.78 Å². The summed E-state index contributed by atoms with van der Waals surface area (Å²) in [6.45, 7) is 4.39. The van der Waals surface area contributed by atoms with Gasteiger partial charge in [0.2, 0.25) is 0 Å². The molecule has 1 aromatic carbocycles. The smallest absolute Gasteiger partial charge is 0.140 e. The topological polar surface area (TPSA) is 17.1 Å². The molecule has 0 N–H and O–H groups in total. The molecule has 1 heteroatoms. The molecule has 1 nitrogen and oxygen atoms in total.